The summed E-state index contributed by atoms with van der Waals surface area (Å²) in [5, 5.41) is 7.19. The highest BCUT2D eigenvalue weighted by molar-refractivity contribution is 7.89. The third-order valence-corrected chi connectivity index (χ3v) is 7.21. The first-order valence-electron chi connectivity index (χ1n) is 10.6. The molecule has 1 amide bonds. The topological polar surface area (TPSA) is 103 Å². The molecule has 10 heteroatoms. The molecule has 0 bridgehead atoms. The minimum atomic E-state index is -3.46. The van der Waals surface area contributed by atoms with Crippen molar-refractivity contribution in [3.63, 3.8) is 0 Å². The zero-order valence-corrected chi connectivity index (χ0v) is 19.1. The molecule has 1 N–H and O–H groups in total. The van der Waals surface area contributed by atoms with Gasteiger partial charge in [0.25, 0.3) is 5.91 Å². The zero-order chi connectivity index (χ0) is 23.3. The Bertz CT molecular complexity index is 1190. The molecular formula is C23H26N4O5S. The van der Waals surface area contributed by atoms with Crippen LogP contribution in [0.4, 0.5) is 0 Å². The van der Waals surface area contributed by atoms with E-state index in [9.17, 15) is 13.2 Å². The average Bonchev–Trinajstić information content (AvgIpc) is 3.31. The number of amides is 1. The van der Waals surface area contributed by atoms with Crippen LogP contribution in [-0.2, 0) is 14.8 Å². The predicted molar refractivity (Wildman–Crippen MR) is 124 cm³/mol. The summed E-state index contributed by atoms with van der Waals surface area (Å²) < 4.78 is 38.5. The van der Waals surface area contributed by atoms with E-state index in [1.54, 1.807) is 17.9 Å². The van der Waals surface area contributed by atoms with E-state index in [0.29, 0.717) is 26.3 Å². The summed E-state index contributed by atoms with van der Waals surface area (Å²) in [6.07, 6.45) is 0. The van der Waals surface area contributed by atoms with Crippen molar-refractivity contribution in [1.82, 2.24) is 19.4 Å². The van der Waals surface area contributed by atoms with Crippen molar-refractivity contribution < 1.29 is 22.7 Å². The molecule has 2 heterocycles. The van der Waals surface area contributed by atoms with Gasteiger partial charge in [-0.3, -0.25) is 4.79 Å². The van der Waals surface area contributed by atoms with Gasteiger partial charge in [0.1, 0.15) is 5.75 Å². The molecule has 2 aromatic carbocycles. The summed E-state index contributed by atoms with van der Waals surface area (Å²) in [5.41, 5.74) is 2.60. The third-order valence-electron chi connectivity index (χ3n) is 5.34. The Morgan fingerprint density at radius 3 is 2.45 bits per heavy atom. The summed E-state index contributed by atoms with van der Waals surface area (Å²) in [6, 6.07) is 18.7. The van der Waals surface area contributed by atoms with Gasteiger partial charge in [-0.2, -0.15) is 9.40 Å². The number of benzene rings is 2. The van der Waals surface area contributed by atoms with Crippen LogP contribution >= 0.6 is 0 Å². The lowest BCUT2D eigenvalue weighted by molar-refractivity contribution is 0.0730. The summed E-state index contributed by atoms with van der Waals surface area (Å²) in [4.78, 5) is 12.8. The highest BCUT2D eigenvalue weighted by Gasteiger charge is 2.24. The molecule has 1 aliphatic heterocycles. The molecule has 0 unspecified atom stereocenters. The van der Waals surface area contributed by atoms with Gasteiger partial charge in [-0.1, -0.05) is 18.2 Å². The number of morpholine rings is 1. The minimum Gasteiger partial charge on any atom is -0.497 e. The number of nitrogens with one attached hydrogen (secondary N) is 1. The fraction of sp³-hybridized carbons (Fsp3) is 0.304. The predicted octanol–water partition coefficient (Wildman–Crippen LogP) is 1.94. The zero-order valence-electron chi connectivity index (χ0n) is 18.3. The van der Waals surface area contributed by atoms with Crippen molar-refractivity contribution in [2.45, 2.75) is 0 Å². The molecule has 1 fully saturated rings. The molecule has 0 saturated carbocycles. The first kappa shape index (κ1) is 23.0. The van der Waals surface area contributed by atoms with Crippen molar-refractivity contribution in [3.8, 4) is 22.7 Å². The second-order valence-electron chi connectivity index (χ2n) is 7.47. The first-order chi connectivity index (χ1) is 16.0. The van der Waals surface area contributed by atoms with Crippen molar-refractivity contribution in [2.24, 2.45) is 0 Å². The summed E-state index contributed by atoms with van der Waals surface area (Å²) >= 11 is 0. The SMILES string of the molecule is COc1ccc(-c2cc(C(=O)NCCS(=O)(=O)N3CCOCC3)nn2-c2ccccc2)cc1. The number of hydrogen-bond donors (Lipinski definition) is 1. The second kappa shape index (κ2) is 10.2. The van der Waals surface area contributed by atoms with Crippen LogP contribution < -0.4 is 10.1 Å². The maximum absolute atomic E-state index is 12.8. The number of ether oxygens (including phenoxy) is 2. The number of rotatable bonds is 8. The third kappa shape index (κ3) is 5.41. The highest BCUT2D eigenvalue weighted by atomic mass is 32.2. The minimum absolute atomic E-state index is 0.00537. The monoisotopic (exact) mass is 470 g/mol. The Kier molecular flexibility index (Phi) is 7.07. The largest absolute Gasteiger partial charge is 0.497 e. The van der Waals surface area contributed by atoms with E-state index in [0.717, 1.165) is 22.7 Å². The van der Waals surface area contributed by atoms with Gasteiger partial charge in [-0.15, -0.1) is 0 Å². The molecule has 3 aromatic rings. The van der Waals surface area contributed by atoms with Gasteiger partial charge in [-0.25, -0.2) is 13.1 Å². The average molecular weight is 471 g/mol. The molecule has 4 rings (SSSR count). The number of methoxy groups -OCH3 is 1. The van der Waals surface area contributed by atoms with Gasteiger partial charge < -0.3 is 14.8 Å². The van der Waals surface area contributed by atoms with Crippen LogP contribution in [0.3, 0.4) is 0 Å². The van der Waals surface area contributed by atoms with E-state index >= 15 is 0 Å². The second-order valence-corrected chi connectivity index (χ2v) is 9.56. The van der Waals surface area contributed by atoms with E-state index in [-0.39, 0.29) is 18.0 Å². The van der Waals surface area contributed by atoms with Gasteiger partial charge in [0.2, 0.25) is 10.0 Å². The van der Waals surface area contributed by atoms with E-state index in [4.69, 9.17) is 9.47 Å². The van der Waals surface area contributed by atoms with E-state index in [1.165, 1.54) is 4.31 Å². The Morgan fingerprint density at radius 1 is 1.09 bits per heavy atom. The number of sulfonamides is 1. The number of carbonyl (C=O) groups excluding carboxylic acids is 1. The van der Waals surface area contributed by atoms with Crippen LogP contribution in [0.5, 0.6) is 5.75 Å². The van der Waals surface area contributed by atoms with Crippen molar-refractivity contribution in [2.75, 3.05) is 45.7 Å². The lowest BCUT2D eigenvalue weighted by Gasteiger charge is -2.25. The maximum Gasteiger partial charge on any atom is 0.271 e. The van der Waals surface area contributed by atoms with Gasteiger partial charge in [0.05, 0.1) is 37.5 Å². The Hall–Kier alpha value is -3.21. The van der Waals surface area contributed by atoms with Gasteiger partial charge in [0, 0.05) is 25.2 Å². The standard InChI is InChI=1S/C23H26N4O5S/c1-31-20-9-7-18(8-10-20)22-17-21(25-27(22)19-5-3-2-4-6-19)23(28)24-11-16-33(29,30)26-12-14-32-15-13-26/h2-10,17H,11-16H2,1H3,(H,24,28). The number of carbonyl (C=O) groups is 1. The first-order valence-corrected chi connectivity index (χ1v) is 12.2. The molecule has 33 heavy (non-hydrogen) atoms. The van der Waals surface area contributed by atoms with Gasteiger partial charge >= 0.3 is 0 Å². The normalized spacial score (nSPS) is 14.7. The van der Waals surface area contributed by atoms with Crippen molar-refractivity contribution in [3.05, 3.63) is 66.4 Å². The van der Waals surface area contributed by atoms with E-state index < -0.39 is 15.9 Å². The van der Waals surface area contributed by atoms with Crippen molar-refractivity contribution in [1.29, 1.82) is 0 Å². The van der Waals surface area contributed by atoms with Crippen LogP contribution in [-0.4, -0.2) is 74.1 Å². The lowest BCUT2D eigenvalue weighted by atomic mass is 10.1. The number of para-hydroxylation sites is 1. The molecule has 1 aliphatic rings. The maximum atomic E-state index is 12.8. The lowest BCUT2D eigenvalue weighted by Crippen LogP contribution is -2.43. The van der Waals surface area contributed by atoms with E-state index in [2.05, 4.69) is 10.4 Å². The Balaban J connectivity index is 1.52. The fourth-order valence-electron chi connectivity index (χ4n) is 3.56. The van der Waals surface area contributed by atoms with Gasteiger partial charge in [-0.05, 0) is 42.5 Å². The Labute approximate surface area is 193 Å². The molecular weight excluding hydrogens is 444 g/mol. The van der Waals surface area contributed by atoms with Crippen LogP contribution in [0.15, 0.2) is 60.7 Å². The summed E-state index contributed by atoms with van der Waals surface area (Å²) in [6.45, 7) is 1.44. The van der Waals surface area contributed by atoms with E-state index in [1.807, 2.05) is 54.6 Å². The highest BCUT2D eigenvalue weighted by Crippen LogP contribution is 2.26. The molecule has 174 valence electrons. The molecule has 0 radical (unpaired) electrons. The molecule has 0 spiro atoms. The number of nitrogens with zero attached hydrogens (tertiary/aromatic N) is 3. The van der Waals surface area contributed by atoms with Crippen LogP contribution in [0.2, 0.25) is 0 Å². The fourth-order valence-corrected chi connectivity index (χ4v) is 4.89. The van der Waals surface area contributed by atoms with Crippen LogP contribution in [0.25, 0.3) is 16.9 Å². The quantitative estimate of drug-likeness (QED) is 0.540. The summed E-state index contributed by atoms with van der Waals surface area (Å²) in [5.74, 6) is 0.115. The van der Waals surface area contributed by atoms with Crippen LogP contribution in [0, 0.1) is 0 Å². The summed E-state index contributed by atoms with van der Waals surface area (Å²) in [7, 11) is -1.85. The van der Waals surface area contributed by atoms with Gasteiger partial charge in [0.15, 0.2) is 5.69 Å². The molecule has 9 nitrogen and oxygen atoms in total. The molecule has 0 aliphatic carbocycles. The smallest absolute Gasteiger partial charge is 0.271 e. The van der Waals surface area contributed by atoms with Crippen LogP contribution in [0.1, 0.15) is 10.5 Å². The Morgan fingerprint density at radius 2 is 1.79 bits per heavy atom. The molecule has 1 saturated heterocycles. The molecule has 0 atom stereocenters. The van der Waals surface area contributed by atoms with Crippen molar-refractivity contribution >= 4 is 15.9 Å². The molecule has 1 aromatic heterocycles. The number of hydrogen-bond acceptors (Lipinski definition) is 6. The number of aromatic nitrogens is 2.